The summed E-state index contributed by atoms with van der Waals surface area (Å²) in [5.41, 5.74) is 4.02. The first-order valence-corrected chi connectivity index (χ1v) is 15.8. The fraction of sp³-hybridized carbons (Fsp3) is 0.212. The molecule has 0 aliphatic heterocycles. The lowest BCUT2D eigenvalue weighted by Gasteiger charge is -2.33. The molecule has 9 heteroatoms. The second-order valence-electron chi connectivity index (χ2n) is 10.1. The number of hydrogen-bond donors (Lipinski definition) is 1. The highest BCUT2D eigenvalue weighted by Crippen LogP contribution is 2.27. The highest BCUT2D eigenvalue weighted by atomic mass is 79.9. The van der Waals surface area contributed by atoms with Crippen LogP contribution in [0, 0.1) is 13.8 Å². The minimum Gasteiger partial charge on any atom is -0.357 e. The zero-order chi connectivity index (χ0) is 30.3. The van der Waals surface area contributed by atoms with E-state index in [4.69, 9.17) is 0 Å². The van der Waals surface area contributed by atoms with Gasteiger partial charge in [-0.05, 0) is 61.4 Å². The molecule has 42 heavy (non-hydrogen) atoms. The molecule has 2 amide bonds. The summed E-state index contributed by atoms with van der Waals surface area (Å²) in [6, 6.07) is 29.6. The average Bonchev–Trinajstić information content (AvgIpc) is 2.99. The maximum Gasteiger partial charge on any atom is 0.264 e. The molecule has 0 bridgehead atoms. The Kier molecular flexibility index (Phi) is 10.2. The summed E-state index contributed by atoms with van der Waals surface area (Å²) in [5.74, 6) is -0.838. The molecule has 0 heterocycles. The Labute approximate surface area is 256 Å². The molecule has 4 aromatic rings. The van der Waals surface area contributed by atoms with E-state index in [9.17, 15) is 18.0 Å². The first-order chi connectivity index (χ1) is 20.1. The largest absolute Gasteiger partial charge is 0.357 e. The molecule has 218 valence electrons. The number of nitrogens with one attached hydrogen (secondary N) is 1. The lowest BCUT2D eigenvalue weighted by molar-refractivity contribution is -0.139. The highest BCUT2D eigenvalue weighted by molar-refractivity contribution is 9.10. The van der Waals surface area contributed by atoms with Crippen LogP contribution in [-0.4, -0.2) is 44.8 Å². The number of carbonyl (C=O) groups is 2. The van der Waals surface area contributed by atoms with Gasteiger partial charge in [0.05, 0.1) is 10.6 Å². The SMILES string of the molecule is CNC(=O)[C@H](Cc1ccccc1)N(Cc1ccc(C)cc1)C(=O)CN(c1ccc(Br)cc1)S(=O)(=O)c1ccc(C)cc1. The normalized spacial score (nSPS) is 11.9. The van der Waals surface area contributed by atoms with Crippen LogP contribution < -0.4 is 9.62 Å². The molecule has 0 aliphatic rings. The van der Waals surface area contributed by atoms with Crippen molar-refractivity contribution in [3.05, 3.63) is 130 Å². The van der Waals surface area contributed by atoms with Crippen molar-refractivity contribution < 1.29 is 18.0 Å². The highest BCUT2D eigenvalue weighted by Gasteiger charge is 2.34. The molecule has 1 N–H and O–H groups in total. The van der Waals surface area contributed by atoms with Crippen LogP contribution in [0.2, 0.25) is 0 Å². The van der Waals surface area contributed by atoms with Crippen molar-refractivity contribution >= 4 is 43.5 Å². The summed E-state index contributed by atoms with van der Waals surface area (Å²) in [5, 5.41) is 2.70. The average molecular weight is 649 g/mol. The Morgan fingerprint density at radius 3 is 1.93 bits per heavy atom. The van der Waals surface area contributed by atoms with Gasteiger partial charge in [-0.2, -0.15) is 0 Å². The van der Waals surface area contributed by atoms with E-state index in [2.05, 4.69) is 21.2 Å². The number of amides is 2. The van der Waals surface area contributed by atoms with Crippen molar-refractivity contribution in [1.29, 1.82) is 0 Å². The predicted molar refractivity (Wildman–Crippen MR) is 170 cm³/mol. The standard InChI is InChI=1S/C33H34BrN3O4S/c1-24-9-13-27(14-10-24)22-36(31(33(39)35-3)21-26-7-5-4-6-8-26)32(38)23-37(29-17-15-28(34)16-18-29)42(40,41)30-19-11-25(2)12-20-30/h4-20,31H,21-23H2,1-3H3,(H,35,39)/t31-/m0/s1. The van der Waals surface area contributed by atoms with Gasteiger partial charge in [-0.25, -0.2) is 8.42 Å². The van der Waals surface area contributed by atoms with Gasteiger partial charge in [-0.3, -0.25) is 13.9 Å². The summed E-state index contributed by atoms with van der Waals surface area (Å²) >= 11 is 3.40. The van der Waals surface area contributed by atoms with E-state index in [-0.39, 0.29) is 23.8 Å². The molecule has 4 aromatic carbocycles. The Morgan fingerprint density at radius 2 is 1.36 bits per heavy atom. The van der Waals surface area contributed by atoms with Crippen LogP contribution in [0.25, 0.3) is 0 Å². The van der Waals surface area contributed by atoms with E-state index in [1.54, 1.807) is 36.4 Å². The second kappa shape index (κ2) is 13.8. The number of aryl methyl sites for hydroxylation is 2. The van der Waals surface area contributed by atoms with E-state index in [1.807, 2.05) is 68.4 Å². The van der Waals surface area contributed by atoms with Crippen molar-refractivity contribution in [2.75, 3.05) is 17.9 Å². The monoisotopic (exact) mass is 647 g/mol. The first kappa shape index (κ1) is 31.0. The van der Waals surface area contributed by atoms with Crippen LogP contribution in [0.1, 0.15) is 22.3 Å². The fourth-order valence-electron chi connectivity index (χ4n) is 4.58. The van der Waals surface area contributed by atoms with Gasteiger partial charge < -0.3 is 10.2 Å². The van der Waals surface area contributed by atoms with E-state index < -0.39 is 28.5 Å². The van der Waals surface area contributed by atoms with Gasteiger partial charge in [-0.15, -0.1) is 0 Å². The number of rotatable bonds is 11. The van der Waals surface area contributed by atoms with Gasteiger partial charge in [0.2, 0.25) is 11.8 Å². The van der Waals surface area contributed by atoms with E-state index in [0.29, 0.717) is 5.69 Å². The van der Waals surface area contributed by atoms with Crippen LogP contribution in [-0.2, 0) is 32.6 Å². The summed E-state index contributed by atoms with van der Waals surface area (Å²) in [6.07, 6.45) is 0.265. The van der Waals surface area contributed by atoms with Gasteiger partial charge in [-0.1, -0.05) is 93.8 Å². The van der Waals surface area contributed by atoms with E-state index >= 15 is 0 Å². The number of sulfonamides is 1. The van der Waals surface area contributed by atoms with Gasteiger partial charge in [0.15, 0.2) is 0 Å². The summed E-state index contributed by atoms with van der Waals surface area (Å²) < 4.78 is 29.9. The number of nitrogens with zero attached hydrogens (tertiary/aromatic N) is 2. The van der Waals surface area contributed by atoms with Gasteiger partial charge in [0.1, 0.15) is 12.6 Å². The zero-order valence-corrected chi connectivity index (χ0v) is 26.2. The quantitative estimate of drug-likeness (QED) is 0.228. The molecule has 0 aromatic heterocycles. The second-order valence-corrected chi connectivity index (χ2v) is 12.9. The maximum atomic E-state index is 14.3. The van der Waals surface area contributed by atoms with E-state index in [0.717, 1.165) is 31.0 Å². The van der Waals surface area contributed by atoms with Crippen LogP contribution in [0.4, 0.5) is 5.69 Å². The summed E-state index contributed by atoms with van der Waals surface area (Å²) in [4.78, 5) is 29.1. The molecule has 0 aliphatic carbocycles. The molecule has 4 rings (SSSR count). The van der Waals surface area contributed by atoms with Gasteiger partial charge in [0, 0.05) is 24.5 Å². The number of likely N-dealkylation sites (N-methyl/N-ethyl adjacent to an activating group) is 1. The molecule has 0 unspecified atom stereocenters. The number of carbonyl (C=O) groups excluding carboxylic acids is 2. The van der Waals surface area contributed by atoms with Gasteiger partial charge >= 0.3 is 0 Å². The Hall–Kier alpha value is -3.95. The van der Waals surface area contributed by atoms with Gasteiger partial charge in [0.25, 0.3) is 10.0 Å². The summed E-state index contributed by atoms with van der Waals surface area (Å²) in [7, 11) is -2.60. The van der Waals surface area contributed by atoms with Crippen molar-refractivity contribution in [3.8, 4) is 0 Å². The number of hydrogen-bond acceptors (Lipinski definition) is 4. The predicted octanol–water partition coefficient (Wildman–Crippen LogP) is 5.65. The van der Waals surface area contributed by atoms with Crippen molar-refractivity contribution in [1.82, 2.24) is 10.2 Å². The summed E-state index contributed by atoms with van der Waals surface area (Å²) in [6.45, 7) is 3.48. The third kappa shape index (κ3) is 7.66. The topological polar surface area (TPSA) is 86.8 Å². The number of anilines is 1. The van der Waals surface area contributed by atoms with Crippen LogP contribution in [0.5, 0.6) is 0 Å². The molecular weight excluding hydrogens is 614 g/mol. The third-order valence-corrected chi connectivity index (χ3v) is 9.31. The molecule has 7 nitrogen and oxygen atoms in total. The first-order valence-electron chi connectivity index (χ1n) is 13.5. The molecule has 0 radical (unpaired) electrons. The molecule has 0 saturated heterocycles. The van der Waals surface area contributed by atoms with Crippen LogP contribution in [0.3, 0.4) is 0 Å². The van der Waals surface area contributed by atoms with Crippen molar-refractivity contribution in [2.24, 2.45) is 0 Å². The third-order valence-electron chi connectivity index (χ3n) is 6.99. The van der Waals surface area contributed by atoms with Crippen LogP contribution in [0.15, 0.2) is 112 Å². The maximum absolute atomic E-state index is 14.3. The number of halogens is 1. The molecule has 1 atom stereocenters. The van der Waals surface area contributed by atoms with E-state index in [1.165, 1.54) is 24.1 Å². The smallest absolute Gasteiger partial charge is 0.264 e. The Bertz CT molecular complexity index is 1610. The molecule has 0 spiro atoms. The Balaban J connectivity index is 1.77. The zero-order valence-electron chi connectivity index (χ0n) is 23.8. The van der Waals surface area contributed by atoms with Crippen molar-refractivity contribution in [2.45, 2.75) is 37.8 Å². The molecule has 0 fully saturated rings. The minimum absolute atomic E-state index is 0.0704. The van der Waals surface area contributed by atoms with Crippen LogP contribution >= 0.6 is 15.9 Å². The van der Waals surface area contributed by atoms with Crippen molar-refractivity contribution in [3.63, 3.8) is 0 Å². The molecule has 0 saturated carbocycles. The molecular formula is C33H34BrN3O4S. The lowest BCUT2D eigenvalue weighted by atomic mass is 10.0. The number of benzene rings is 4. The minimum atomic E-state index is -4.13. The fourth-order valence-corrected chi connectivity index (χ4v) is 6.26. The Morgan fingerprint density at radius 1 is 0.786 bits per heavy atom. The lowest BCUT2D eigenvalue weighted by Crippen LogP contribution is -2.53.